The van der Waals surface area contributed by atoms with Gasteiger partial charge in [0.15, 0.2) is 6.61 Å². The van der Waals surface area contributed by atoms with Crippen LogP contribution < -0.4 is 5.32 Å². The van der Waals surface area contributed by atoms with Gasteiger partial charge >= 0.3 is 5.97 Å². The average Bonchev–Trinajstić information content (AvgIpc) is 3.13. The zero-order valence-electron chi connectivity index (χ0n) is 13.6. The molecule has 1 aromatic heterocycles. The number of thioether (sulfide) groups is 2. The molecule has 8 heteroatoms. The second kappa shape index (κ2) is 10.8. The van der Waals surface area contributed by atoms with Crippen molar-refractivity contribution >= 4 is 58.3 Å². The van der Waals surface area contributed by atoms with E-state index in [9.17, 15) is 9.59 Å². The molecule has 0 unspecified atom stereocenters. The molecule has 2 rings (SSSR count). The van der Waals surface area contributed by atoms with Crippen LogP contribution in [0.4, 0.5) is 0 Å². The summed E-state index contributed by atoms with van der Waals surface area (Å²) < 4.78 is 5.04. The molecule has 0 radical (unpaired) electrons. The molecule has 0 bridgehead atoms. The first kappa shape index (κ1) is 20.2. The maximum atomic E-state index is 12.0. The number of hydrogen-bond donors (Lipinski definition) is 1. The molecule has 1 amide bonds. The number of hydrogen-bond acceptors (Lipinski definition) is 6. The number of halogens is 1. The first-order chi connectivity index (χ1) is 12.1. The summed E-state index contributed by atoms with van der Waals surface area (Å²) in [5.74, 6) is 0.830. The van der Waals surface area contributed by atoms with Gasteiger partial charge in [-0.1, -0.05) is 17.7 Å². The van der Waals surface area contributed by atoms with Crippen molar-refractivity contribution in [3.8, 4) is 0 Å². The molecule has 0 aliphatic rings. The highest BCUT2D eigenvalue weighted by Gasteiger charge is 2.14. The molecule has 1 aromatic carbocycles. The lowest BCUT2D eigenvalue weighted by Gasteiger charge is -2.08. The molecule has 4 nitrogen and oxygen atoms in total. The Bertz CT molecular complexity index is 707. The fourth-order valence-electron chi connectivity index (χ4n) is 1.88. The van der Waals surface area contributed by atoms with Crippen LogP contribution in [0.2, 0.25) is 5.02 Å². The summed E-state index contributed by atoms with van der Waals surface area (Å²) in [4.78, 5) is 26.0. The minimum absolute atomic E-state index is 0.271. The topological polar surface area (TPSA) is 55.4 Å². The van der Waals surface area contributed by atoms with Crippen molar-refractivity contribution in [2.45, 2.75) is 10.6 Å². The molecule has 0 aliphatic carbocycles. The lowest BCUT2D eigenvalue weighted by Crippen LogP contribution is -2.30. The Hall–Kier alpha value is -1.15. The number of esters is 1. The van der Waals surface area contributed by atoms with Crippen LogP contribution in [0, 0.1) is 0 Å². The van der Waals surface area contributed by atoms with Gasteiger partial charge in [0.05, 0.1) is 10.6 Å². The molecule has 134 valence electrons. The van der Waals surface area contributed by atoms with E-state index < -0.39 is 5.97 Å². The van der Waals surface area contributed by atoms with Crippen molar-refractivity contribution < 1.29 is 14.3 Å². The third kappa shape index (κ3) is 6.93. The normalized spacial score (nSPS) is 10.5. The predicted octanol–water partition coefficient (Wildman–Crippen LogP) is 4.33. The maximum absolute atomic E-state index is 12.0. The van der Waals surface area contributed by atoms with Gasteiger partial charge in [-0.3, -0.25) is 4.79 Å². The Kier molecular flexibility index (Phi) is 8.67. The molecule has 0 saturated carbocycles. The van der Waals surface area contributed by atoms with Gasteiger partial charge in [-0.15, -0.1) is 23.1 Å². The van der Waals surface area contributed by atoms with E-state index in [2.05, 4.69) is 11.4 Å². The average molecular weight is 416 g/mol. The first-order valence-corrected chi connectivity index (χ1v) is 11.1. The van der Waals surface area contributed by atoms with Gasteiger partial charge in [-0.25, -0.2) is 4.79 Å². The number of thiophene rings is 1. The molecular formula is C17H18ClNO3S3. The van der Waals surface area contributed by atoms with E-state index in [1.807, 2.05) is 23.8 Å². The Labute approximate surface area is 164 Å². The SMILES string of the molecule is CSc1ccc(Cl)c(C(=O)OCC(=O)NCCSCc2cccs2)c1. The molecule has 0 saturated heterocycles. The van der Waals surface area contributed by atoms with Crippen molar-refractivity contribution in [3.05, 3.63) is 51.2 Å². The van der Waals surface area contributed by atoms with Crippen LogP contribution in [0.1, 0.15) is 15.2 Å². The van der Waals surface area contributed by atoms with Gasteiger partial charge in [0, 0.05) is 27.8 Å². The zero-order chi connectivity index (χ0) is 18.1. The van der Waals surface area contributed by atoms with Gasteiger partial charge in [0.1, 0.15) is 0 Å². The molecule has 25 heavy (non-hydrogen) atoms. The number of ether oxygens (including phenoxy) is 1. The smallest absolute Gasteiger partial charge is 0.340 e. The third-order valence-electron chi connectivity index (χ3n) is 3.12. The monoisotopic (exact) mass is 415 g/mol. The number of benzene rings is 1. The van der Waals surface area contributed by atoms with E-state index in [4.69, 9.17) is 16.3 Å². The van der Waals surface area contributed by atoms with Crippen molar-refractivity contribution in [1.82, 2.24) is 5.32 Å². The fraction of sp³-hybridized carbons (Fsp3) is 0.294. The summed E-state index contributed by atoms with van der Waals surface area (Å²) in [5.41, 5.74) is 0.271. The van der Waals surface area contributed by atoms with E-state index in [0.29, 0.717) is 11.6 Å². The molecule has 0 atom stereocenters. The molecule has 0 aliphatic heterocycles. The van der Waals surface area contributed by atoms with Gasteiger partial charge < -0.3 is 10.1 Å². The molecule has 1 heterocycles. The zero-order valence-corrected chi connectivity index (χ0v) is 16.8. The lowest BCUT2D eigenvalue weighted by atomic mass is 10.2. The van der Waals surface area contributed by atoms with Crippen molar-refractivity contribution in [1.29, 1.82) is 0 Å². The molecule has 0 spiro atoms. The van der Waals surface area contributed by atoms with Crippen LogP contribution in [0.15, 0.2) is 40.6 Å². The minimum atomic E-state index is -0.594. The van der Waals surface area contributed by atoms with Crippen LogP contribution in [0.25, 0.3) is 0 Å². The van der Waals surface area contributed by atoms with E-state index in [-0.39, 0.29) is 18.1 Å². The van der Waals surface area contributed by atoms with Crippen LogP contribution in [-0.2, 0) is 15.3 Å². The fourth-order valence-corrected chi connectivity index (χ4v) is 4.21. The van der Waals surface area contributed by atoms with Crippen LogP contribution in [-0.4, -0.2) is 37.0 Å². The van der Waals surface area contributed by atoms with Gasteiger partial charge in [0.25, 0.3) is 5.91 Å². The quantitative estimate of drug-likeness (QED) is 0.375. The number of nitrogens with one attached hydrogen (secondary N) is 1. The largest absolute Gasteiger partial charge is 0.452 e. The highest BCUT2D eigenvalue weighted by Crippen LogP contribution is 2.23. The summed E-state index contributed by atoms with van der Waals surface area (Å²) in [6, 6.07) is 9.25. The Morgan fingerprint density at radius 1 is 1.32 bits per heavy atom. The molecule has 0 fully saturated rings. The predicted molar refractivity (Wildman–Crippen MR) is 107 cm³/mol. The second-order valence-corrected chi connectivity index (χ2v) is 8.33. The number of carbonyl (C=O) groups is 2. The van der Waals surface area contributed by atoms with Crippen molar-refractivity contribution in [2.24, 2.45) is 0 Å². The van der Waals surface area contributed by atoms with Crippen LogP contribution in [0.3, 0.4) is 0 Å². The highest BCUT2D eigenvalue weighted by atomic mass is 35.5. The number of amides is 1. The minimum Gasteiger partial charge on any atom is -0.452 e. The van der Waals surface area contributed by atoms with Crippen LogP contribution in [0.5, 0.6) is 0 Å². The summed E-state index contributed by atoms with van der Waals surface area (Å²) in [6.45, 7) is 0.226. The Morgan fingerprint density at radius 3 is 2.88 bits per heavy atom. The second-order valence-electron chi connectivity index (χ2n) is 4.90. The highest BCUT2D eigenvalue weighted by molar-refractivity contribution is 7.98. The van der Waals surface area contributed by atoms with E-state index in [0.717, 1.165) is 16.4 Å². The summed E-state index contributed by atoms with van der Waals surface area (Å²) >= 11 is 11.0. The summed E-state index contributed by atoms with van der Waals surface area (Å²) in [5, 5.41) is 5.10. The van der Waals surface area contributed by atoms with Gasteiger partial charge in [-0.2, -0.15) is 11.8 Å². The first-order valence-electron chi connectivity index (χ1n) is 7.47. The molecule has 1 N–H and O–H groups in total. The lowest BCUT2D eigenvalue weighted by molar-refractivity contribution is -0.124. The Balaban J connectivity index is 1.66. The summed E-state index contributed by atoms with van der Waals surface area (Å²) in [6.07, 6.45) is 1.91. The van der Waals surface area contributed by atoms with E-state index >= 15 is 0 Å². The molecule has 2 aromatic rings. The van der Waals surface area contributed by atoms with Gasteiger partial charge in [-0.05, 0) is 35.9 Å². The van der Waals surface area contributed by atoms with Crippen molar-refractivity contribution in [3.63, 3.8) is 0 Å². The van der Waals surface area contributed by atoms with Gasteiger partial charge in [0.2, 0.25) is 0 Å². The van der Waals surface area contributed by atoms with E-state index in [1.54, 1.807) is 35.2 Å². The van der Waals surface area contributed by atoms with E-state index in [1.165, 1.54) is 16.6 Å². The van der Waals surface area contributed by atoms with Crippen LogP contribution >= 0.6 is 46.5 Å². The maximum Gasteiger partial charge on any atom is 0.340 e. The third-order valence-corrected chi connectivity index (χ3v) is 6.24. The number of rotatable bonds is 9. The molecular weight excluding hydrogens is 398 g/mol. The number of carbonyl (C=O) groups excluding carboxylic acids is 2. The summed E-state index contributed by atoms with van der Waals surface area (Å²) in [7, 11) is 0. The van der Waals surface area contributed by atoms with Crippen molar-refractivity contribution in [2.75, 3.05) is 25.2 Å². The standard InChI is InChI=1S/C17H18ClNO3S3/c1-23-12-4-5-15(18)14(9-12)17(21)22-10-16(20)19-6-8-24-11-13-3-2-7-25-13/h2-5,7,9H,6,8,10-11H2,1H3,(H,19,20). The Morgan fingerprint density at radius 2 is 2.16 bits per heavy atom.